The minimum atomic E-state index is 0.433. The maximum Gasteiger partial charge on any atom is 0.123 e. The van der Waals surface area contributed by atoms with Gasteiger partial charge in [-0.25, -0.2) is 0 Å². The second kappa shape index (κ2) is 6.45. The maximum atomic E-state index is 10.2. The number of benzene rings is 1. The van der Waals surface area contributed by atoms with E-state index in [0.717, 1.165) is 37.2 Å². The van der Waals surface area contributed by atoms with Crippen LogP contribution in [0.4, 0.5) is 0 Å². The Morgan fingerprint density at radius 1 is 1.24 bits per heavy atom. The molecule has 0 fully saturated rings. The van der Waals surface area contributed by atoms with Crippen LogP contribution in [0.1, 0.15) is 30.5 Å². The van der Waals surface area contributed by atoms with Crippen LogP contribution >= 0.6 is 0 Å². The molecule has 0 unspecified atom stereocenters. The molecule has 0 amide bonds. The predicted octanol–water partition coefficient (Wildman–Crippen LogP) is 3.27. The molecule has 0 bridgehead atoms. The quantitative estimate of drug-likeness (QED) is 0.762. The van der Waals surface area contributed by atoms with Gasteiger partial charge in [-0.1, -0.05) is 37.6 Å². The summed E-state index contributed by atoms with van der Waals surface area (Å²) in [6.07, 6.45) is 2.55. The van der Waals surface area contributed by atoms with Crippen LogP contribution < -0.4 is 0 Å². The second-order valence-electron chi connectivity index (χ2n) is 4.39. The first kappa shape index (κ1) is 13.8. The van der Waals surface area contributed by atoms with Gasteiger partial charge in [0.25, 0.3) is 0 Å². The minimum absolute atomic E-state index is 0.433. The summed E-state index contributed by atoms with van der Waals surface area (Å²) < 4.78 is 0. The molecule has 0 aliphatic rings. The van der Waals surface area contributed by atoms with Gasteiger partial charge in [0.15, 0.2) is 0 Å². The van der Waals surface area contributed by atoms with Crippen molar-refractivity contribution in [2.45, 2.75) is 33.7 Å². The zero-order valence-corrected chi connectivity index (χ0v) is 11.2. The van der Waals surface area contributed by atoms with Crippen molar-refractivity contribution in [3.8, 4) is 5.75 Å². The average molecular weight is 233 g/mol. The largest absolute Gasteiger partial charge is 0.507 e. The lowest BCUT2D eigenvalue weighted by molar-refractivity contribution is 0.290. The van der Waals surface area contributed by atoms with Gasteiger partial charge in [0, 0.05) is 12.1 Å². The van der Waals surface area contributed by atoms with Crippen LogP contribution in [0.25, 0.3) is 0 Å². The lowest BCUT2D eigenvalue weighted by Gasteiger charge is -2.20. The Bertz CT molecular complexity index is 381. The van der Waals surface area contributed by atoms with Crippen molar-refractivity contribution < 1.29 is 5.11 Å². The normalized spacial score (nSPS) is 10.8. The van der Waals surface area contributed by atoms with Crippen LogP contribution in [0.3, 0.4) is 0 Å². The SMILES string of the molecule is C=CCc1cc(C)cc(CN(CC)CC)c1O. The molecule has 1 N–H and O–H groups in total. The minimum Gasteiger partial charge on any atom is -0.507 e. The highest BCUT2D eigenvalue weighted by Crippen LogP contribution is 2.26. The van der Waals surface area contributed by atoms with Gasteiger partial charge < -0.3 is 5.11 Å². The highest BCUT2D eigenvalue weighted by Gasteiger charge is 2.10. The number of aryl methyl sites for hydroxylation is 1. The lowest BCUT2D eigenvalue weighted by Crippen LogP contribution is -2.22. The first-order chi connectivity index (χ1) is 8.12. The van der Waals surface area contributed by atoms with E-state index >= 15 is 0 Å². The van der Waals surface area contributed by atoms with Crippen molar-refractivity contribution in [1.82, 2.24) is 4.90 Å². The summed E-state index contributed by atoms with van der Waals surface area (Å²) >= 11 is 0. The fourth-order valence-corrected chi connectivity index (χ4v) is 2.05. The third-order valence-electron chi connectivity index (χ3n) is 3.06. The van der Waals surface area contributed by atoms with Crippen LogP contribution in [0.15, 0.2) is 24.8 Å². The summed E-state index contributed by atoms with van der Waals surface area (Å²) in [4.78, 5) is 2.30. The van der Waals surface area contributed by atoms with E-state index in [-0.39, 0.29) is 0 Å². The maximum absolute atomic E-state index is 10.2. The van der Waals surface area contributed by atoms with Gasteiger partial charge in [0.05, 0.1) is 0 Å². The summed E-state index contributed by atoms with van der Waals surface area (Å²) in [5.41, 5.74) is 3.19. The van der Waals surface area contributed by atoms with Crippen molar-refractivity contribution in [2.75, 3.05) is 13.1 Å². The molecule has 0 aliphatic carbocycles. The van der Waals surface area contributed by atoms with Gasteiger partial charge in [-0.15, -0.1) is 6.58 Å². The summed E-state index contributed by atoms with van der Waals surface area (Å²) in [5, 5.41) is 10.2. The molecule has 2 heteroatoms. The molecule has 0 aromatic heterocycles. The molecule has 17 heavy (non-hydrogen) atoms. The van der Waals surface area contributed by atoms with Gasteiger partial charge in [0.2, 0.25) is 0 Å². The lowest BCUT2D eigenvalue weighted by atomic mass is 10.0. The van der Waals surface area contributed by atoms with Crippen LogP contribution in [0.5, 0.6) is 5.75 Å². The van der Waals surface area contributed by atoms with E-state index in [1.807, 2.05) is 12.1 Å². The number of hydrogen-bond acceptors (Lipinski definition) is 2. The molecular formula is C15H23NO. The van der Waals surface area contributed by atoms with Gasteiger partial charge in [0.1, 0.15) is 5.75 Å². The molecule has 0 heterocycles. The molecule has 2 nitrogen and oxygen atoms in total. The topological polar surface area (TPSA) is 23.5 Å². The highest BCUT2D eigenvalue weighted by atomic mass is 16.3. The first-order valence-electron chi connectivity index (χ1n) is 6.26. The molecule has 1 aromatic rings. The Hall–Kier alpha value is -1.28. The van der Waals surface area contributed by atoms with E-state index in [1.165, 1.54) is 5.56 Å². The molecule has 0 spiro atoms. The highest BCUT2D eigenvalue weighted by molar-refractivity contribution is 5.44. The molecular weight excluding hydrogens is 210 g/mol. The zero-order valence-electron chi connectivity index (χ0n) is 11.2. The number of rotatable bonds is 6. The molecule has 1 rings (SSSR count). The smallest absolute Gasteiger partial charge is 0.123 e. The Morgan fingerprint density at radius 3 is 2.35 bits per heavy atom. The molecule has 0 atom stereocenters. The number of hydrogen-bond donors (Lipinski definition) is 1. The molecule has 0 radical (unpaired) electrons. The van der Waals surface area contributed by atoms with Crippen molar-refractivity contribution in [3.63, 3.8) is 0 Å². The van der Waals surface area contributed by atoms with Crippen molar-refractivity contribution in [2.24, 2.45) is 0 Å². The fraction of sp³-hybridized carbons (Fsp3) is 0.467. The molecule has 1 aromatic carbocycles. The van der Waals surface area contributed by atoms with Crippen LogP contribution in [0, 0.1) is 6.92 Å². The molecule has 94 valence electrons. The third kappa shape index (κ3) is 3.60. The predicted molar refractivity (Wildman–Crippen MR) is 73.4 cm³/mol. The number of allylic oxidation sites excluding steroid dienone is 1. The Balaban J connectivity index is 3.01. The summed E-state index contributed by atoms with van der Waals surface area (Å²) in [6, 6.07) is 4.10. The van der Waals surface area contributed by atoms with Gasteiger partial charge in [-0.05, 0) is 32.0 Å². The number of aromatic hydroxyl groups is 1. The van der Waals surface area contributed by atoms with E-state index in [1.54, 1.807) is 0 Å². The number of nitrogens with zero attached hydrogens (tertiary/aromatic N) is 1. The third-order valence-corrected chi connectivity index (χ3v) is 3.06. The van der Waals surface area contributed by atoms with E-state index in [2.05, 4.69) is 38.3 Å². The van der Waals surface area contributed by atoms with Gasteiger partial charge in [-0.2, -0.15) is 0 Å². The Labute approximate surface area is 105 Å². The van der Waals surface area contributed by atoms with E-state index in [4.69, 9.17) is 0 Å². The average Bonchev–Trinajstić information content (AvgIpc) is 2.31. The zero-order chi connectivity index (χ0) is 12.8. The van der Waals surface area contributed by atoms with E-state index < -0.39 is 0 Å². The van der Waals surface area contributed by atoms with Gasteiger partial charge >= 0.3 is 0 Å². The van der Waals surface area contributed by atoms with Gasteiger partial charge in [-0.3, -0.25) is 4.90 Å². The number of phenolic OH excluding ortho intramolecular Hbond substituents is 1. The standard InChI is InChI=1S/C15H23NO/c1-5-8-13-9-12(4)10-14(15(13)17)11-16(6-2)7-3/h5,9-10,17H,1,6-8,11H2,2-4H3. The van der Waals surface area contributed by atoms with Crippen molar-refractivity contribution >= 4 is 0 Å². The van der Waals surface area contributed by atoms with Crippen molar-refractivity contribution in [1.29, 1.82) is 0 Å². The molecule has 0 aliphatic heterocycles. The summed E-state index contributed by atoms with van der Waals surface area (Å²) in [5.74, 6) is 0.433. The van der Waals surface area contributed by atoms with E-state index in [0.29, 0.717) is 5.75 Å². The monoisotopic (exact) mass is 233 g/mol. The molecule has 0 saturated carbocycles. The van der Waals surface area contributed by atoms with Crippen LogP contribution in [0.2, 0.25) is 0 Å². The Kier molecular flexibility index (Phi) is 5.23. The van der Waals surface area contributed by atoms with E-state index in [9.17, 15) is 5.11 Å². The van der Waals surface area contributed by atoms with Crippen LogP contribution in [-0.4, -0.2) is 23.1 Å². The molecule has 0 saturated heterocycles. The number of phenols is 1. The summed E-state index contributed by atoms with van der Waals surface area (Å²) in [7, 11) is 0. The van der Waals surface area contributed by atoms with Crippen LogP contribution in [-0.2, 0) is 13.0 Å². The second-order valence-corrected chi connectivity index (χ2v) is 4.39. The summed E-state index contributed by atoms with van der Waals surface area (Å²) in [6.45, 7) is 12.9. The first-order valence-corrected chi connectivity index (χ1v) is 6.26. The fourth-order valence-electron chi connectivity index (χ4n) is 2.05. The Morgan fingerprint density at radius 2 is 1.82 bits per heavy atom. The van der Waals surface area contributed by atoms with Crippen molar-refractivity contribution in [3.05, 3.63) is 41.5 Å².